The first-order valence-corrected chi connectivity index (χ1v) is 5.35. The molecule has 0 aliphatic carbocycles. The van der Waals surface area contributed by atoms with Gasteiger partial charge in [0.2, 0.25) is 0 Å². The van der Waals surface area contributed by atoms with Gasteiger partial charge in [0.05, 0.1) is 19.1 Å². The largest absolute Gasteiger partial charge is 0.493 e. The normalized spacial score (nSPS) is 11.8. The molecule has 80 valence electrons. The zero-order valence-electron chi connectivity index (χ0n) is 9.36. The Balaban J connectivity index is 2.46. The average Bonchev–Trinajstić information content (AvgIpc) is 2.28. The predicted molar refractivity (Wildman–Crippen MR) is 60.7 cm³/mol. The third-order valence-corrected chi connectivity index (χ3v) is 2.44. The van der Waals surface area contributed by atoms with Gasteiger partial charge in [0, 0.05) is 0 Å². The third kappa shape index (κ3) is 4.03. The van der Waals surface area contributed by atoms with E-state index in [2.05, 4.69) is 19.9 Å². The second-order valence-electron chi connectivity index (χ2n) is 3.80. The van der Waals surface area contributed by atoms with Crippen molar-refractivity contribution in [3.63, 3.8) is 0 Å². The lowest BCUT2D eigenvalue weighted by Gasteiger charge is -2.10. The molecule has 0 spiro atoms. The van der Waals surface area contributed by atoms with Crippen LogP contribution in [0.4, 0.5) is 0 Å². The van der Waals surface area contributed by atoms with Gasteiger partial charge in [-0.1, -0.05) is 32.4 Å². The summed E-state index contributed by atoms with van der Waals surface area (Å²) >= 11 is 0. The molecular formula is C13H17NO. The number of rotatable bonds is 5. The van der Waals surface area contributed by atoms with Crippen LogP contribution >= 0.6 is 0 Å². The molecular weight excluding hydrogens is 186 g/mol. The number of hydrogen-bond donors (Lipinski definition) is 0. The molecule has 1 rings (SSSR count). The minimum Gasteiger partial charge on any atom is -0.493 e. The SMILES string of the molecule is CCC(C)COc1ccc(CC#N)cc1. The lowest BCUT2D eigenvalue weighted by molar-refractivity contribution is 0.256. The maximum Gasteiger partial charge on any atom is 0.119 e. The molecule has 0 aromatic heterocycles. The van der Waals surface area contributed by atoms with E-state index >= 15 is 0 Å². The molecule has 0 aliphatic heterocycles. The molecule has 0 aliphatic rings. The predicted octanol–water partition coefficient (Wildman–Crippen LogP) is 3.18. The first kappa shape index (κ1) is 11.6. The summed E-state index contributed by atoms with van der Waals surface area (Å²) in [4.78, 5) is 0. The maximum atomic E-state index is 8.52. The van der Waals surface area contributed by atoms with Crippen LogP contribution in [0.25, 0.3) is 0 Å². The van der Waals surface area contributed by atoms with Crippen molar-refractivity contribution in [2.24, 2.45) is 5.92 Å². The molecule has 0 radical (unpaired) electrons. The molecule has 0 fully saturated rings. The quantitative estimate of drug-likeness (QED) is 0.736. The van der Waals surface area contributed by atoms with Gasteiger partial charge in [-0.15, -0.1) is 0 Å². The first-order valence-electron chi connectivity index (χ1n) is 5.35. The zero-order chi connectivity index (χ0) is 11.1. The molecule has 0 bridgehead atoms. The van der Waals surface area contributed by atoms with Gasteiger partial charge in [-0.2, -0.15) is 5.26 Å². The van der Waals surface area contributed by atoms with Crippen molar-refractivity contribution < 1.29 is 4.74 Å². The zero-order valence-corrected chi connectivity index (χ0v) is 9.36. The Morgan fingerprint density at radius 2 is 2.00 bits per heavy atom. The van der Waals surface area contributed by atoms with E-state index in [9.17, 15) is 0 Å². The summed E-state index contributed by atoms with van der Waals surface area (Å²) < 4.78 is 5.61. The van der Waals surface area contributed by atoms with Gasteiger partial charge in [0.15, 0.2) is 0 Å². The minimum absolute atomic E-state index is 0.464. The summed E-state index contributed by atoms with van der Waals surface area (Å²) in [6.07, 6.45) is 1.60. The fourth-order valence-electron chi connectivity index (χ4n) is 1.15. The van der Waals surface area contributed by atoms with Crippen molar-refractivity contribution in [1.29, 1.82) is 5.26 Å². The molecule has 1 atom stereocenters. The third-order valence-electron chi connectivity index (χ3n) is 2.44. The van der Waals surface area contributed by atoms with E-state index in [0.717, 1.165) is 24.3 Å². The topological polar surface area (TPSA) is 33.0 Å². The summed E-state index contributed by atoms with van der Waals surface area (Å²) in [5.74, 6) is 1.47. The first-order chi connectivity index (χ1) is 7.26. The van der Waals surface area contributed by atoms with Gasteiger partial charge in [-0.25, -0.2) is 0 Å². The van der Waals surface area contributed by atoms with E-state index in [0.29, 0.717) is 12.3 Å². The summed E-state index contributed by atoms with van der Waals surface area (Å²) in [6, 6.07) is 9.85. The Hall–Kier alpha value is -1.49. The number of nitrogens with zero attached hydrogens (tertiary/aromatic N) is 1. The molecule has 1 aromatic carbocycles. The van der Waals surface area contributed by atoms with Crippen molar-refractivity contribution in [3.8, 4) is 11.8 Å². The highest BCUT2D eigenvalue weighted by Gasteiger charge is 2.00. The highest BCUT2D eigenvalue weighted by molar-refractivity contribution is 5.28. The highest BCUT2D eigenvalue weighted by Crippen LogP contribution is 2.14. The lowest BCUT2D eigenvalue weighted by Crippen LogP contribution is -2.07. The smallest absolute Gasteiger partial charge is 0.119 e. The van der Waals surface area contributed by atoms with Crippen LogP contribution in [-0.2, 0) is 6.42 Å². The van der Waals surface area contributed by atoms with E-state index in [4.69, 9.17) is 10.00 Å². The summed E-state index contributed by atoms with van der Waals surface area (Å²) in [5.41, 5.74) is 1.04. The molecule has 0 amide bonds. The van der Waals surface area contributed by atoms with Crippen LogP contribution in [-0.4, -0.2) is 6.61 Å². The van der Waals surface area contributed by atoms with Crippen molar-refractivity contribution in [2.75, 3.05) is 6.61 Å². The number of hydrogen-bond acceptors (Lipinski definition) is 2. The number of nitriles is 1. The second-order valence-corrected chi connectivity index (χ2v) is 3.80. The minimum atomic E-state index is 0.464. The molecule has 2 nitrogen and oxygen atoms in total. The molecule has 0 heterocycles. The van der Waals surface area contributed by atoms with Crippen LogP contribution in [0.15, 0.2) is 24.3 Å². The maximum absolute atomic E-state index is 8.52. The lowest BCUT2D eigenvalue weighted by atomic mass is 10.1. The Labute approximate surface area is 91.5 Å². The average molecular weight is 203 g/mol. The highest BCUT2D eigenvalue weighted by atomic mass is 16.5. The van der Waals surface area contributed by atoms with Crippen molar-refractivity contribution in [2.45, 2.75) is 26.7 Å². The van der Waals surface area contributed by atoms with Crippen molar-refractivity contribution >= 4 is 0 Å². The molecule has 1 aromatic rings. The van der Waals surface area contributed by atoms with E-state index in [1.807, 2.05) is 24.3 Å². The number of benzene rings is 1. The second kappa shape index (κ2) is 6.08. The van der Waals surface area contributed by atoms with Gasteiger partial charge in [-0.05, 0) is 23.6 Å². The fraction of sp³-hybridized carbons (Fsp3) is 0.462. The van der Waals surface area contributed by atoms with E-state index < -0.39 is 0 Å². The van der Waals surface area contributed by atoms with Crippen LogP contribution in [0.2, 0.25) is 0 Å². The van der Waals surface area contributed by atoms with Gasteiger partial charge in [0.25, 0.3) is 0 Å². The molecule has 0 saturated carbocycles. The molecule has 0 N–H and O–H groups in total. The van der Waals surface area contributed by atoms with E-state index in [1.165, 1.54) is 0 Å². The Kier molecular flexibility index (Phi) is 4.70. The summed E-state index contributed by atoms with van der Waals surface area (Å²) in [6.45, 7) is 5.09. The van der Waals surface area contributed by atoms with Crippen molar-refractivity contribution in [3.05, 3.63) is 29.8 Å². The number of ether oxygens (including phenoxy) is 1. The van der Waals surface area contributed by atoms with Gasteiger partial charge < -0.3 is 4.74 Å². The van der Waals surface area contributed by atoms with Gasteiger partial charge in [0.1, 0.15) is 5.75 Å². The van der Waals surface area contributed by atoms with E-state index in [1.54, 1.807) is 0 Å². The van der Waals surface area contributed by atoms with Crippen LogP contribution in [0.3, 0.4) is 0 Å². The fourth-order valence-corrected chi connectivity index (χ4v) is 1.15. The van der Waals surface area contributed by atoms with E-state index in [-0.39, 0.29) is 0 Å². The summed E-state index contributed by atoms with van der Waals surface area (Å²) in [7, 11) is 0. The molecule has 15 heavy (non-hydrogen) atoms. The molecule has 0 saturated heterocycles. The Morgan fingerprint density at radius 1 is 1.33 bits per heavy atom. The van der Waals surface area contributed by atoms with Gasteiger partial charge in [-0.3, -0.25) is 0 Å². The molecule has 2 heteroatoms. The Bertz CT molecular complexity index is 323. The van der Waals surface area contributed by atoms with Crippen molar-refractivity contribution in [1.82, 2.24) is 0 Å². The monoisotopic (exact) mass is 203 g/mol. The van der Waals surface area contributed by atoms with Crippen LogP contribution < -0.4 is 4.74 Å². The summed E-state index contributed by atoms with van der Waals surface area (Å²) in [5, 5.41) is 8.52. The van der Waals surface area contributed by atoms with Gasteiger partial charge >= 0.3 is 0 Å². The standard InChI is InChI=1S/C13H17NO/c1-3-11(2)10-15-13-6-4-12(5-7-13)8-9-14/h4-7,11H,3,8,10H2,1-2H3. The molecule has 1 unspecified atom stereocenters. The van der Waals surface area contributed by atoms with Crippen LogP contribution in [0.5, 0.6) is 5.75 Å². The Morgan fingerprint density at radius 3 is 2.53 bits per heavy atom. The van der Waals surface area contributed by atoms with Crippen LogP contribution in [0, 0.1) is 17.2 Å². The van der Waals surface area contributed by atoms with Crippen LogP contribution in [0.1, 0.15) is 25.8 Å².